The molecular weight excluding hydrogens is 364 g/mol. The molecule has 2 rings (SSSR count). The van der Waals surface area contributed by atoms with Gasteiger partial charge in [0, 0.05) is 6.42 Å². The van der Waals surface area contributed by atoms with Crippen LogP contribution in [0.3, 0.4) is 0 Å². The monoisotopic (exact) mass is 386 g/mol. The number of amides is 2. The molecular formula is C20H22N2O6. The number of carbonyl (C=O) groups is 3. The normalized spacial score (nSPS) is 12.4. The van der Waals surface area contributed by atoms with Gasteiger partial charge in [-0.15, -0.1) is 0 Å². The van der Waals surface area contributed by atoms with Gasteiger partial charge in [-0.3, -0.25) is 10.1 Å². The van der Waals surface area contributed by atoms with Crippen molar-refractivity contribution in [3.63, 3.8) is 0 Å². The lowest BCUT2D eigenvalue weighted by Crippen LogP contribution is -2.52. The van der Waals surface area contributed by atoms with E-state index in [-0.39, 0.29) is 13.0 Å². The highest BCUT2D eigenvalue weighted by atomic mass is 16.6. The third-order valence-corrected chi connectivity index (χ3v) is 3.80. The molecule has 2 atom stereocenters. The second kappa shape index (κ2) is 10.7. The first-order valence-corrected chi connectivity index (χ1v) is 8.57. The van der Waals surface area contributed by atoms with Gasteiger partial charge in [0.05, 0.1) is 7.11 Å². The first-order chi connectivity index (χ1) is 13.5. The third-order valence-electron chi connectivity index (χ3n) is 3.80. The van der Waals surface area contributed by atoms with Crippen LogP contribution in [0.1, 0.15) is 11.1 Å². The van der Waals surface area contributed by atoms with Crippen LogP contribution in [0.4, 0.5) is 4.79 Å². The molecule has 0 saturated carbocycles. The van der Waals surface area contributed by atoms with Gasteiger partial charge in [0.2, 0.25) is 6.23 Å². The molecule has 3 N–H and O–H groups in total. The smallest absolute Gasteiger partial charge is 0.409 e. The maximum atomic E-state index is 12.1. The maximum Gasteiger partial charge on any atom is 0.409 e. The number of carbonyl (C=O) groups excluding carboxylic acids is 3. The zero-order chi connectivity index (χ0) is 20.4. The van der Waals surface area contributed by atoms with Gasteiger partial charge in [0.1, 0.15) is 12.6 Å². The minimum Gasteiger partial charge on any atom is -0.467 e. The van der Waals surface area contributed by atoms with E-state index in [1.165, 1.54) is 7.11 Å². The molecule has 8 nitrogen and oxygen atoms in total. The van der Waals surface area contributed by atoms with Crippen LogP contribution in [0.2, 0.25) is 0 Å². The first-order valence-electron chi connectivity index (χ1n) is 8.57. The van der Waals surface area contributed by atoms with E-state index in [0.29, 0.717) is 0 Å². The van der Waals surface area contributed by atoms with Crippen molar-refractivity contribution in [3.8, 4) is 0 Å². The van der Waals surface area contributed by atoms with Crippen molar-refractivity contribution in [1.82, 2.24) is 10.6 Å². The van der Waals surface area contributed by atoms with E-state index >= 15 is 0 Å². The molecule has 28 heavy (non-hydrogen) atoms. The Morgan fingerprint density at radius 3 is 2.07 bits per heavy atom. The molecule has 0 radical (unpaired) electrons. The molecule has 0 aromatic heterocycles. The van der Waals surface area contributed by atoms with Gasteiger partial charge < -0.3 is 19.9 Å². The van der Waals surface area contributed by atoms with E-state index < -0.39 is 30.2 Å². The fourth-order valence-corrected chi connectivity index (χ4v) is 2.38. The number of rotatable bonds is 8. The number of benzene rings is 2. The molecule has 0 unspecified atom stereocenters. The Morgan fingerprint density at radius 2 is 1.50 bits per heavy atom. The van der Waals surface area contributed by atoms with Crippen molar-refractivity contribution < 1.29 is 29.0 Å². The molecule has 0 spiro atoms. The topological polar surface area (TPSA) is 114 Å². The summed E-state index contributed by atoms with van der Waals surface area (Å²) in [5, 5.41) is 14.2. The summed E-state index contributed by atoms with van der Waals surface area (Å²) in [5.41, 5.74) is 1.55. The second-order valence-corrected chi connectivity index (χ2v) is 5.88. The minimum absolute atomic E-state index is 0.0141. The van der Waals surface area contributed by atoms with Gasteiger partial charge in [-0.1, -0.05) is 60.7 Å². The lowest BCUT2D eigenvalue weighted by atomic mass is 10.1. The predicted molar refractivity (Wildman–Crippen MR) is 99.9 cm³/mol. The lowest BCUT2D eigenvalue weighted by Gasteiger charge is -2.19. The fraction of sp³-hybridized carbons (Fsp3) is 0.250. The van der Waals surface area contributed by atoms with Crippen LogP contribution >= 0.6 is 0 Å². The molecule has 2 aromatic carbocycles. The number of esters is 1. The van der Waals surface area contributed by atoms with Gasteiger partial charge in [0.25, 0.3) is 5.91 Å². The van der Waals surface area contributed by atoms with Crippen LogP contribution in [0.5, 0.6) is 0 Å². The number of hydrogen-bond acceptors (Lipinski definition) is 6. The Kier molecular flexibility index (Phi) is 7.98. The summed E-state index contributed by atoms with van der Waals surface area (Å²) >= 11 is 0. The van der Waals surface area contributed by atoms with Crippen LogP contribution < -0.4 is 10.6 Å². The van der Waals surface area contributed by atoms with E-state index in [2.05, 4.69) is 10.1 Å². The van der Waals surface area contributed by atoms with Gasteiger partial charge in [-0.25, -0.2) is 9.59 Å². The van der Waals surface area contributed by atoms with Gasteiger partial charge in [-0.05, 0) is 11.1 Å². The highest BCUT2D eigenvalue weighted by Crippen LogP contribution is 2.05. The molecule has 2 amide bonds. The van der Waals surface area contributed by atoms with Gasteiger partial charge in [0.15, 0.2) is 0 Å². The predicted octanol–water partition coefficient (Wildman–Crippen LogP) is 1.13. The summed E-state index contributed by atoms with van der Waals surface area (Å²) in [6.07, 6.45) is -2.68. The molecule has 8 heteroatoms. The molecule has 0 aliphatic heterocycles. The highest BCUT2D eigenvalue weighted by molar-refractivity contribution is 5.88. The number of hydrogen-bond donors (Lipinski definition) is 3. The van der Waals surface area contributed by atoms with Crippen LogP contribution in [0.15, 0.2) is 60.7 Å². The van der Waals surface area contributed by atoms with Crippen LogP contribution in [-0.2, 0) is 32.1 Å². The van der Waals surface area contributed by atoms with Crippen LogP contribution in [0.25, 0.3) is 0 Å². The summed E-state index contributed by atoms with van der Waals surface area (Å²) in [4.78, 5) is 35.8. The summed E-state index contributed by atoms with van der Waals surface area (Å²) < 4.78 is 9.62. The van der Waals surface area contributed by atoms with E-state index in [4.69, 9.17) is 4.74 Å². The summed E-state index contributed by atoms with van der Waals surface area (Å²) in [7, 11) is 1.20. The van der Waals surface area contributed by atoms with Crippen LogP contribution in [0, 0.1) is 0 Å². The third kappa shape index (κ3) is 6.73. The molecule has 0 aliphatic carbocycles. The largest absolute Gasteiger partial charge is 0.467 e. The Morgan fingerprint density at radius 1 is 0.929 bits per heavy atom. The molecule has 0 saturated heterocycles. The number of methoxy groups -OCH3 is 1. The maximum absolute atomic E-state index is 12.1. The minimum atomic E-state index is -1.88. The van der Waals surface area contributed by atoms with E-state index in [1.54, 1.807) is 48.5 Å². The molecule has 2 aromatic rings. The van der Waals surface area contributed by atoms with Gasteiger partial charge in [-0.2, -0.15) is 0 Å². The van der Waals surface area contributed by atoms with E-state index in [1.807, 2.05) is 17.4 Å². The van der Waals surface area contributed by atoms with Crippen molar-refractivity contribution in [2.75, 3.05) is 7.11 Å². The molecule has 0 heterocycles. The number of nitrogens with one attached hydrogen (secondary N) is 2. The number of aliphatic hydroxyl groups excluding tert-OH is 1. The van der Waals surface area contributed by atoms with E-state index in [9.17, 15) is 19.5 Å². The Labute approximate surface area is 162 Å². The van der Waals surface area contributed by atoms with Crippen molar-refractivity contribution in [3.05, 3.63) is 71.8 Å². The zero-order valence-electron chi connectivity index (χ0n) is 15.3. The summed E-state index contributed by atoms with van der Waals surface area (Å²) in [6.45, 7) is -0.0141. The van der Waals surface area contributed by atoms with Crippen molar-refractivity contribution in [1.29, 1.82) is 0 Å². The van der Waals surface area contributed by atoms with Crippen molar-refractivity contribution in [2.24, 2.45) is 0 Å². The molecule has 0 aliphatic rings. The zero-order valence-corrected chi connectivity index (χ0v) is 15.3. The average Bonchev–Trinajstić information content (AvgIpc) is 2.72. The summed E-state index contributed by atoms with van der Waals surface area (Å²) in [5.74, 6) is -1.63. The lowest BCUT2D eigenvalue weighted by molar-refractivity contribution is -0.146. The van der Waals surface area contributed by atoms with E-state index in [0.717, 1.165) is 11.1 Å². The number of aliphatic hydroxyl groups is 1. The number of ether oxygens (including phenoxy) is 2. The summed E-state index contributed by atoms with van der Waals surface area (Å²) in [6, 6.07) is 16.9. The second-order valence-electron chi connectivity index (χ2n) is 5.88. The Balaban J connectivity index is 1.87. The van der Waals surface area contributed by atoms with Gasteiger partial charge >= 0.3 is 12.1 Å². The number of alkyl carbamates (subject to hydrolysis) is 1. The molecule has 0 fully saturated rings. The SMILES string of the molecule is COC(=O)[C@H](Cc1ccccc1)NC(=O)[C@H](O)NC(=O)OCc1ccccc1. The highest BCUT2D eigenvalue weighted by Gasteiger charge is 2.26. The first kappa shape index (κ1) is 20.9. The average molecular weight is 386 g/mol. The standard InChI is InChI=1S/C20H22N2O6/c1-27-19(25)16(12-14-8-4-2-5-9-14)21-17(23)18(24)22-20(26)28-13-15-10-6-3-7-11-15/h2-11,16,18,24H,12-13H2,1H3,(H,21,23)(H,22,26)/t16-,18-/m0/s1. The van der Waals surface area contributed by atoms with Crippen molar-refractivity contribution >= 4 is 18.0 Å². The quantitative estimate of drug-likeness (QED) is 0.463. The molecule has 0 bridgehead atoms. The van der Waals surface area contributed by atoms with Crippen LogP contribution in [-0.4, -0.2) is 42.5 Å². The Bertz CT molecular complexity index is 782. The van der Waals surface area contributed by atoms with Crippen molar-refractivity contribution in [2.45, 2.75) is 25.3 Å². The Hall–Kier alpha value is -3.39. The fourth-order valence-electron chi connectivity index (χ4n) is 2.38. The molecule has 148 valence electrons.